The molecule has 0 aliphatic carbocycles. The van der Waals surface area contributed by atoms with Crippen LogP contribution in [0.3, 0.4) is 0 Å². The van der Waals surface area contributed by atoms with Crippen molar-refractivity contribution in [2.45, 2.75) is 216 Å². The van der Waals surface area contributed by atoms with Gasteiger partial charge in [0.25, 0.3) is 0 Å². The van der Waals surface area contributed by atoms with E-state index in [1.807, 2.05) is 6.07 Å². The lowest BCUT2D eigenvalue weighted by atomic mass is 9.85. The van der Waals surface area contributed by atoms with Gasteiger partial charge in [0, 0.05) is 103 Å². The van der Waals surface area contributed by atoms with E-state index in [4.69, 9.17) is 16.9 Å². The van der Waals surface area contributed by atoms with E-state index in [1.165, 1.54) is 124 Å². The lowest BCUT2D eigenvalue weighted by Crippen LogP contribution is -2.64. The van der Waals surface area contributed by atoms with E-state index >= 15 is 28.0 Å². The van der Waals surface area contributed by atoms with Gasteiger partial charge in [-0.25, -0.2) is 13.2 Å². The number of likely N-dealkylation sites (N-methyl/N-ethyl adjacent to an activating group) is 1. The molecule has 35 nitrogen and oxygen atoms in total. The monoisotopic (exact) mass is 1780 g/mol. The molecular formula is C85H114F3N19O16S2. The average Bonchev–Trinajstić information content (AvgIpc) is 1.78. The largest absolute Gasteiger partial charge is 0.508 e. The Labute approximate surface area is 729 Å². The summed E-state index contributed by atoms with van der Waals surface area (Å²) in [6.07, 6.45) is -1.71. The Morgan fingerprint density at radius 1 is 0.664 bits per heavy atom. The second kappa shape index (κ2) is 45.6. The number of phenolic OH excluding ortho intramolecular Hbond substituents is 1. The predicted octanol–water partition coefficient (Wildman–Crippen LogP) is 1.63. The van der Waals surface area contributed by atoms with Crippen molar-refractivity contribution in [1.82, 2.24) is 83.6 Å². The molecule has 15 atom stereocenters. The van der Waals surface area contributed by atoms with Gasteiger partial charge in [0.1, 0.15) is 96.1 Å². The number of aliphatic hydroxyl groups is 1. The van der Waals surface area contributed by atoms with Crippen LogP contribution in [0.1, 0.15) is 129 Å². The third-order valence-electron chi connectivity index (χ3n) is 21.7. The number of rotatable bonds is 19. The molecule has 125 heavy (non-hydrogen) atoms. The molecule has 0 spiro atoms. The normalized spacial score (nSPS) is 23.8. The first-order chi connectivity index (χ1) is 59.1. The number of nitrogens with one attached hydrogen (secondary N) is 15. The topological polar surface area (TPSA) is 538 Å². The van der Waals surface area contributed by atoms with Crippen molar-refractivity contribution >= 4 is 134 Å². The lowest BCUT2D eigenvalue weighted by Gasteiger charge is -2.35. The van der Waals surface area contributed by atoms with Gasteiger partial charge >= 0.3 is 0 Å². The summed E-state index contributed by atoms with van der Waals surface area (Å²) in [6, 6.07) is 1.80. The molecule has 1 saturated heterocycles. The number of fused-ring (bicyclic) bond motifs is 5. The van der Waals surface area contributed by atoms with Crippen molar-refractivity contribution in [3.05, 3.63) is 137 Å². The Bertz CT molecular complexity index is 4900. The zero-order valence-electron chi connectivity index (χ0n) is 71.3. The highest BCUT2D eigenvalue weighted by Gasteiger charge is 2.45. The summed E-state index contributed by atoms with van der Waals surface area (Å²) in [5.41, 5.74) is 13.5. The number of aromatic nitrogens is 2. The molecule has 21 N–H and O–H groups in total. The van der Waals surface area contributed by atoms with Gasteiger partial charge in [0.15, 0.2) is 5.96 Å². The van der Waals surface area contributed by atoms with Gasteiger partial charge in [-0.3, -0.25) is 72.5 Å². The Morgan fingerprint density at radius 2 is 1.23 bits per heavy atom. The van der Waals surface area contributed by atoms with E-state index in [0.29, 0.717) is 56.0 Å². The fourth-order valence-electron chi connectivity index (χ4n) is 14.4. The van der Waals surface area contributed by atoms with E-state index < -0.39 is 222 Å². The van der Waals surface area contributed by atoms with E-state index in [2.05, 4.69) is 73.8 Å². The van der Waals surface area contributed by atoms with Gasteiger partial charge in [-0.05, 0) is 121 Å². The van der Waals surface area contributed by atoms with Crippen LogP contribution in [0.15, 0.2) is 97.3 Å². The minimum atomic E-state index is -1.85. The molecule has 2 aromatic heterocycles. The minimum Gasteiger partial charge on any atom is -0.508 e. The number of aliphatic hydroxyl groups excluding tert-OH is 1. The molecule has 1 fully saturated rings. The summed E-state index contributed by atoms with van der Waals surface area (Å²) in [5.74, 6) is -15.7. The molecule has 4 heterocycles. The number of nitrogens with two attached hydrogens (primary N) is 2. The van der Waals surface area contributed by atoms with Gasteiger partial charge in [-0.2, -0.15) is 23.5 Å². The number of primary amides is 1. The molecule has 14 amide bonds. The van der Waals surface area contributed by atoms with Crippen molar-refractivity contribution in [3.63, 3.8) is 0 Å². The van der Waals surface area contributed by atoms with Gasteiger partial charge < -0.3 is 105 Å². The third kappa shape index (κ3) is 28.3. The number of aromatic hydroxyl groups is 1. The number of halogens is 3. The van der Waals surface area contributed by atoms with E-state index in [0.717, 1.165) is 9.80 Å². The second-order valence-electron chi connectivity index (χ2n) is 32.6. The molecule has 2 bridgehead atoms. The fraction of sp³-hybridized carbons (Fsp3) is 0.494. The zero-order valence-corrected chi connectivity index (χ0v) is 73.0. The van der Waals surface area contributed by atoms with Crippen LogP contribution in [-0.4, -0.2) is 242 Å². The van der Waals surface area contributed by atoms with Crippen LogP contribution in [0.25, 0.3) is 21.8 Å². The van der Waals surface area contributed by atoms with E-state index in [1.54, 1.807) is 59.7 Å². The first-order valence-corrected chi connectivity index (χ1v) is 43.5. The molecule has 0 saturated carbocycles. The molecule has 2 aliphatic heterocycles. The number of benzene rings is 4. The fourth-order valence-corrected chi connectivity index (χ4v) is 16.5. The molecule has 0 unspecified atom stereocenters. The molecule has 6 aromatic rings. The van der Waals surface area contributed by atoms with Crippen molar-refractivity contribution in [2.24, 2.45) is 22.8 Å². The molecule has 8 rings (SSSR count). The third-order valence-corrected chi connectivity index (χ3v) is 23.9. The quantitative estimate of drug-likeness (QED) is 0.0311. The Morgan fingerprint density at radius 3 is 1.81 bits per heavy atom. The van der Waals surface area contributed by atoms with Crippen LogP contribution in [0, 0.1) is 28.4 Å². The van der Waals surface area contributed by atoms with Gasteiger partial charge in [-0.1, -0.05) is 90.8 Å². The van der Waals surface area contributed by atoms with Gasteiger partial charge in [-0.15, -0.1) is 0 Å². The zero-order chi connectivity index (χ0) is 91.8. The number of guanidine groups is 1. The van der Waals surface area contributed by atoms with Crippen LogP contribution in [0.5, 0.6) is 5.75 Å². The Hall–Kier alpha value is -11.9. The highest BCUT2D eigenvalue weighted by Crippen LogP contribution is 2.29. The molecule has 4 aromatic carbocycles. The van der Waals surface area contributed by atoms with Crippen molar-refractivity contribution in [3.8, 4) is 5.75 Å². The number of carbonyl (C=O) groups is 14. The summed E-state index contributed by atoms with van der Waals surface area (Å²) in [5, 5.41) is 61.5. The summed E-state index contributed by atoms with van der Waals surface area (Å²) < 4.78 is 46.0. The second-order valence-corrected chi connectivity index (χ2v) is 34.6. The van der Waals surface area contributed by atoms with Crippen LogP contribution < -0.4 is 75.3 Å². The first kappa shape index (κ1) is 98.5. The minimum absolute atomic E-state index is 0.0170. The molecule has 40 heteroatoms. The summed E-state index contributed by atoms with van der Waals surface area (Å²) in [6.45, 7) is 12.0. The number of nitrogens with zero attached hydrogens (tertiary/aromatic N) is 2. The van der Waals surface area contributed by atoms with Crippen LogP contribution in [0.4, 0.5) is 13.2 Å². The lowest BCUT2D eigenvalue weighted by molar-refractivity contribution is -0.143. The number of amides is 14. The maximum atomic E-state index is 16.0. The average molecular weight is 1780 g/mol. The highest BCUT2D eigenvalue weighted by molar-refractivity contribution is 7.98. The first-order valence-electron chi connectivity index (χ1n) is 41.2. The molecule has 0 radical (unpaired) electrons. The van der Waals surface area contributed by atoms with Crippen molar-refractivity contribution < 1.29 is 90.5 Å². The number of thioether (sulfide) groups is 2. The molecule has 2 aliphatic rings. The van der Waals surface area contributed by atoms with Crippen LogP contribution in [-0.2, 0) is 97.9 Å². The maximum absolute atomic E-state index is 16.0. The number of H-pyrrole nitrogens is 2. The summed E-state index contributed by atoms with van der Waals surface area (Å²) in [7, 11) is 1.21. The summed E-state index contributed by atoms with van der Waals surface area (Å²) in [4.78, 5) is 211. The summed E-state index contributed by atoms with van der Waals surface area (Å²) >= 11 is 2.35. The number of aromatic amines is 2. The highest BCUT2D eigenvalue weighted by atomic mass is 32.2. The van der Waals surface area contributed by atoms with Gasteiger partial charge in [0.2, 0.25) is 82.7 Å². The SMILES string of the molecule is CCC[C@H](NC(C)=O)C(=O)N[C@H]1CSCc2cccc(c2)CSC[C@@H](C(N)=O)NC(=O)[C@H](Cc2c[nH]c3ccc(F)cc23)NC(=O)[C@@H]2C[C@H](F)CN2C(=O)[C@H](CCCNC(=N)N)NC(=O)CNC(=O)[C@H](C)N(C)C(=O)[C@H](Cc2c[nH]c3ccc(F)cc23)NC(=O)[C@H](Cc2ccc(O)cc2)NC(=O)[C@H](C(C)(C)C)NC(=O)[C@H]([C@@H](C)CC)NC(=O)[C@H]([C@@H](C)O)NC1=O. The smallest absolute Gasteiger partial charge is 0.245 e. The van der Waals surface area contributed by atoms with Crippen molar-refractivity contribution in [2.75, 3.05) is 38.2 Å². The van der Waals surface area contributed by atoms with Crippen LogP contribution in [0.2, 0.25) is 0 Å². The molecule has 678 valence electrons. The maximum Gasteiger partial charge on any atom is 0.245 e. The Balaban J connectivity index is 1.16. The Kier molecular flexibility index (Phi) is 35.9. The standard InChI is InChI=1S/C85H114F3N19O16S2/c1-11-15-60(96-46(6)109)74(114)102-66-42-125-40-49-17-13-16-48(28-49)39-124-41-65(72(89)112)101-76(116)63(30-50-35-93-58-25-21-52(86)32-56(50)58)98-78(118)67-34-54(88)38-107(67)83(123)61(18-14-27-92-84(90)91)97-68(111)37-95-73(113)44(4)106(10)82(122)64(31-51-36-94-59-26-22-53(87)33-57(51)59)100-75(115)62(29-47-19-23-55(110)24-20-47)99-81(121)71(85(7,8)9)105-79(119)69(43(3)12-2)103-80(120)70(45(5)108)104-77(66)117/h13,16-17,19-26,28,32-33,35-36,43-45,54,60-67,69-71,93-94,108,110H,11-12,14-15,18,27,29-31,34,37-42H2,1-10H3,(H2,89,112)(H,95,113)(H,96,109)(H,97,111)(H,98,118)(H,99,121)(H,100,115)(H,101,116)(H,102,114)(H,103,120)(H,104,117)(H,105,119)(H4,90,91,92)/t43-,44-,45+,54-,60-,61-,62-,63-,64-,65-,66-,67-,69-,70-,71+/m0/s1. The number of phenols is 1. The van der Waals surface area contributed by atoms with E-state index in [9.17, 15) is 62.5 Å². The number of hydrogen-bond acceptors (Lipinski definition) is 19. The van der Waals surface area contributed by atoms with Crippen molar-refractivity contribution in [1.29, 1.82) is 5.41 Å². The van der Waals surface area contributed by atoms with E-state index in [-0.39, 0.29) is 73.8 Å². The predicted molar refractivity (Wildman–Crippen MR) is 464 cm³/mol. The number of hydrogen-bond donors (Lipinski definition) is 19. The van der Waals surface area contributed by atoms with Crippen LogP contribution >= 0.6 is 23.5 Å². The number of alkyl halides is 1. The molecular weight excluding hydrogens is 1660 g/mol. The number of carbonyl (C=O) groups excluding carboxylic acids is 14. The van der Waals surface area contributed by atoms with Gasteiger partial charge in [0.05, 0.1) is 19.2 Å².